The molecule has 1 aromatic rings. The molecule has 3 N–H and O–H groups in total. The van der Waals surface area contributed by atoms with Crippen molar-refractivity contribution in [1.82, 2.24) is 4.72 Å². The molecule has 0 unspecified atom stereocenters. The van der Waals surface area contributed by atoms with Crippen molar-refractivity contribution in [2.75, 3.05) is 5.75 Å². The Hall–Kier alpha value is -1.44. The molecule has 0 radical (unpaired) electrons. The molecule has 6 nitrogen and oxygen atoms in total. The minimum atomic E-state index is -3.61. The van der Waals surface area contributed by atoms with Gasteiger partial charge in [0.05, 0.1) is 17.9 Å². The molecule has 1 aliphatic rings. The smallest absolute Gasteiger partial charge is 0.303 e. The first-order valence-corrected chi connectivity index (χ1v) is 8.02. The molecule has 0 aromatic heterocycles. The van der Waals surface area contributed by atoms with Crippen molar-refractivity contribution >= 4 is 16.0 Å². The maximum absolute atomic E-state index is 11.9. The number of aliphatic hydroxyl groups excluding tert-OH is 1. The molecule has 0 bridgehead atoms. The lowest BCUT2D eigenvalue weighted by atomic mass is 10.1. The van der Waals surface area contributed by atoms with E-state index in [1.807, 2.05) is 12.1 Å². The van der Waals surface area contributed by atoms with E-state index in [-0.39, 0.29) is 18.6 Å². The highest BCUT2D eigenvalue weighted by molar-refractivity contribution is 7.89. The molecule has 0 heterocycles. The van der Waals surface area contributed by atoms with Crippen LogP contribution in [0.4, 0.5) is 0 Å². The molecule has 0 saturated carbocycles. The Bertz CT molecular complexity index is 599. The number of carboxylic acid groups (broad SMARTS) is 1. The largest absolute Gasteiger partial charge is 0.481 e. The molecule has 2 rings (SSSR count). The van der Waals surface area contributed by atoms with Gasteiger partial charge in [0.2, 0.25) is 10.0 Å². The lowest BCUT2D eigenvalue weighted by Crippen LogP contribution is -2.35. The average Bonchev–Trinajstić information content (AvgIpc) is 2.65. The lowest BCUT2D eigenvalue weighted by molar-refractivity contribution is -0.137. The summed E-state index contributed by atoms with van der Waals surface area (Å²) in [6.07, 6.45) is -0.514. The molecule has 7 heteroatoms. The van der Waals surface area contributed by atoms with Crippen molar-refractivity contribution < 1.29 is 23.4 Å². The zero-order valence-corrected chi connectivity index (χ0v) is 11.6. The van der Waals surface area contributed by atoms with Gasteiger partial charge in [0.1, 0.15) is 0 Å². The first kappa shape index (κ1) is 15.0. The molecule has 2 atom stereocenters. The molecule has 0 spiro atoms. The van der Waals surface area contributed by atoms with Crippen LogP contribution in [-0.2, 0) is 21.2 Å². The van der Waals surface area contributed by atoms with Gasteiger partial charge < -0.3 is 10.2 Å². The van der Waals surface area contributed by atoms with Crippen LogP contribution in [0.1, 0.15) is 30.0 Å². The molecule has 1 aromatic carbocycles. The highest BCUT2D eigenvalue weighted by Crippen LogP contribution is 2.31. The fourth-order valence-electron chi connectivity index (χ4n) is 2.38. The second-order valence-corrected chi connectivity index (χ2v) is 6.76. The second kappa shape index (κ2) is 5.90. The Morgan fingerprint density at radius 2 is 2.05 bits per heavy atom. The maximum Gasteiger partial charge on any atom is 0.303 e. The predicted molar refractivity (Wildman–Crippen MR) is 72.7 cm³/mol. The fraction of sp³-hybridized carbons (Fsp3) is 0.462. The third-order valence-electron chi connectivity index (χ3n) is 3.31. The average molecular weight is 299 g/mol. The van der Waals surface area contributed by atoms with Crippen molar-refractivity contribution in [3.8, 4) is 0 Å². The van der Waals surface area contributed by atoms with Crippen molar-refractivity contribution in [1.29, 1.82) is 0 Å². The number of rotatable bonds is 6. The van der Waals surface area contributed by atoms with Crippen LogP contribution in [-0.4, -0.2) is 36.5 Å². The van der Waals surface area contributed by atoms with Crippen molar-refractivity contribution in [2.45, 2.75) is 31.4 Å². The Labute approximate surface area is 117 Å². The monoisotopic (exact) mass is 299 g/mol. The van der Waals surface area contributed by atoms with Gasteiger partial charge in [-0.3, -0.25) is 4.79 Å². The van der Waals surface area contributed by atoms with E-state index in [1.165, 1.54) is 0 Å². The number of carboxylic acids is 1. The summed E-state index contributed by atoms with van der Waals surface area (Å²) in [4.78, 5) is 10.4. The van der Waals surface area contributed by atoms with Gasteiger partial charge >= 0.3 is 5.97 Å². The van der Waals surface area contributed by atoms with Crippen LogP contribution in [0.15, 0.2) is 24.3 Å². The highest BCUT2D eigenvalue weighted by atomic mass is 32.2. The van der Waals surface area contributed by atoms with E-state index in [9.17, 15) is 18.3 Å². The fourth-order valence-corrected chi connectivity index (χ4v) is 3.69. The summed E-state index contributed by atoms with van der Waals surface area (Å²) in [6, 6.07) is 6.63. The van der Waals surface area contributed by atoms with Gasteiger partial charge in [0.25, 0.3) is 0 Å². The second-order valence-electron chi connectivity index (χ2n) is 4.88. The van der Waals surface area contributed by atoms with Gasteiger partial charge in [0, 0.05) is 12.8 Å². The maximum atomic E-state index is 11.9. The van der Waals surface area contributed by atoms with E-state index in [0.717, 1.165) is 11.1 Å². The first-order chi connectivity index (χ1) is 9.39. The van der Waals surface area contributed by atoms with Crippen LogP contribution in [0, 0.1) is 0 Å². The number of sulfonamides is 1. The molecule has 1 aliphatic carbocycles. The van der Waals surface area contributed by atoms with E-state index in [2.05, 4.69) is 4.72 Å². The molecule has 0 amide bonds. The zero-order valence-electron chi connectivity index (χ0n) is 10.8. The minimum absolute atomic E-state index is 0.0507. The number of aliphatic hydroxyl groups is 1. The van der Waals surface area contributed by atoms with Gasteiger partial charge in [-0.25, -0.2) is 13.1 Å². The number of hydrogen-bond donors (Lipinski definition) is 3. The van der Waals surface area contributed by atoms with Crippen LogP contribution in [0.5, 0.6) is 0 Å². The SMILES string of the molecule is O=C(O)CCCS(=O)(=O)N[C@@H]1c2ccccc2C[C@@H]1O. The topological polar surface area (TPSA) is 104 Å². The summed E-state index contributed by atoms with van der Waals surface area (Å²) in [6.45, 7) is 0. The van der Waals surface area contributed by atoms with Crippen molar-refractivity contribution in [2.24, 2.45) is 0 Å². The molecule has 0 fully saturated rings. The quantitative estimate of drug-likeness (QED) is 0.706. The van der Waals surface area contributed by atoms with Crippen LogP contribution in [0.3, 0.4) is 0 Å². The van der Waals surface area contributed by atoms with Gasteiger partial charge in [-0.15, -0.1) is 0 Å². The summed E-state index contributed by atoms with van der Waals surface area (Å²) < 4.78 is 26.3. The molecule has 110 valence electrons. The van der Waals surface area contributed by atoms with Crippen LogP contribution in [0.2, 0.25) is 0 Å². The molecule has 0 aliphatic heterocycles. The van der Waals surface area contributed by atoms with E-state index in [4.69, 9.17) is 5.11 Å². The predicted octanol–water partition coefficient (Wildman–Crippen LogP) is 0.429. The Balaban J connectivity index is 2.04. The zero-order chi connectivity index (χ0) is 14.8. The van der Waals surface area contributed by atoms with E-state index in [1.54, 1.807) is 12.1 Å². The van der Waals surface area contributed by atoms with Crippen LogP contribution in [0.25, 0.3) is 0 Å². The number of hydrogen-bond acceptors (Lipinski definition) is 4. The summed E-state index contributed by atoms with van der Waals surface area (Å²) >= 11 is 0. The first-order valence-electron chi connectivity index (χ1n) is 6.37. The van der Waals surface area contributed by atoms with Gasteiger partial charge in [-0.2, -0.15) is 0 Å². The van der Waals surface area contributed by atoms with E-state index < -0.39 is 28.1 Å². The lowest BCUT2D eigenvalue weighted by Gasteiger charge is -2.17. The summed E-state index contributed by atoms with van der Waals surface area (Å²) in [5, 5.41) is 18.5. The number of benzene rings is 1. The Morgan fingerprint density at radius 3 is 2.75 bits per heavy atom. The van der Waals surface area contributed by atoms with Gasteiger partial charge in [0.15, 0.2) is 0 Å². The summed E-state index contributed by atoms with van der Waals surface area (Å²) in [5.41, 5.74) is 1.71. The summed E-state index contributed by atoms with van der Waals surface area (Å²) in [7, 11) is -3.61. The van der Waals surface area contributed by atoms with Gasteiger partial charge in [-0.1, -0.05) is 24.3 Å². The molecule has 20 heavy (non-hydrogen) atoms. The third-order valence-corrected chi connectivity index (χ3v) is 4.75. The van der Waals surface area contributed by atoms with Gasteiger partial charge in [-0.05, 0) is 17.5 Å². The van der Waals surface area contributed by atoms with E-state index >= 15 is 0 Å². The Morgan fingerprint density at radius 1 is 1.35 bits per heavy atom. The number of nitrogens with one attached hydrogen (secondary N) is 1. The van der Waals surface area contributed by atoms with Crippen LogP contribution >= 0.6 is 0 Å². The third kappa shape index (κ3) is 3.56. The minimum Gasteiger partial charge on any atom is -0.481 e. The standard InChI is InChI=1S/C13H17NO5S/c15-11-8-9-4-1-2-5-10(9)13(11)14-20(18,19)7-3-6-12(16)17/h1-2,4-5,11,13-15H,3,6-8H2,(H,16,17)/t11-,13+/m0/s1. The highest BCUT2D eigenvalue weighted by Gasteiger charge is 2.33. The van der Waals surface area contributed by atoms with Crippen LogP contribution < -0.4 is 4.72 Å². The molecular formula is C13H17NO5S. The molecular weight excluding hydrogens is 282 g/mol. The number of carbonyl (C=O) groups is 1. The Kier molecular flexibility index (Phi) is 4.42. The molecule has 0 saturated heterocycles. The van der Waals surface area contributed by atoms with Crippen molar-refractivity contribution in [3.63, 3.8) is 0 Å². The number of fused-ring (bicyclic) bond motifs is 1. The van der Waals surface area contributed by atoms with E-state index in [0.29, 0.717) is 6.42 Å². The van der Waals surface area contributed by atoms with Crippen molar-refractivity contribution in [3.05, 3.63) is 35.4 Å². The summed E-state index contributed by atoms with van der Waals surface area (Å²) in [5.74, 6) is -1.28. The normalized spacial score (nSPS) is 21.6. The number of aliphatic carboxylic acids is 1.